The Kier molecular flexibility index (Phi) is 7.57. The van der Waals surface area contributed by atoms with Gasteiger partial charge in [-0.3, -0.25) is 9.59 Å². The van der Waals surface area contributed by atoms with E-state index in [4.69, 9.17) is 0 Å². The molecule has 0 aromatic heterocycles. The second-order valence-corrected chi connectivity index (χ2v) is 7.49. The third-order valence-corrected chi connectivity index (χ3v) is 5.19. The average molecular weight is 409 g/mol. The lowest BCUT2D eigenvalue weighted by atomic mass is 10.0. The maximum Gasteiger partial charge on any atom is 0.326 e. The number of carboxylic acids is 1. The van der Waals surface area contributed by atoms with E-state index in [0.29, 0.717) is 0 Å². The van der Waals surface area contributed by atoms with E-state index in [2.05, 4.69) is 16.0 Å². The fourth-order valence-corrected chi connectivity index (χ4v) is 3.56. The minimum atomic E-state index is -1.12. The van der Waals surface area contributed by atoms with Crippen LogP contribution in [0.5, 0.6) is 0 Å². The molecule has 0 saturated carbocycles. The van der Waals surface area contributed by atoms with Crippen LogP contribution in [-0.2, 0) is 27.2 Å². The Morgan fingerprint density at radius 1 is 0.900 bits per heavy atom. The number of carbonyl (C=O) groups is 3. The molecule has 3 rings (SSSR count). The summed E-state index contributed by atoms with van der Waals surface area (Å²) in [5.74, 6) is -1.86. The maximum atomic E-state index is 13.0. The highest BCUT2D eigenvalue weighted by Gasteiger charge is 2.30. The Bertz CT molecular complexity index is 851. The molecular weight excluding hydrogens is 382 g/mol. The summed E-state index contributed by atoms with van der Waals surface area (Å²) in [4.78, 5) is 37.3. The number of aliphatic carboxylic acids is 1. The molecule has 3 atom stereocenters. The fraction of sp³-hybridized carbons (Fsp3) is 0.348. The van der Waals surface area contributed by atoms with Gasteiger partial charge in [0.15, 0.2) is 0 Å². The number of benzene rings is 2. The van der Waals surface area contributed by atoms with Gasteiger partial charge in [-0.05, 0) is 30.5 Å². The summed E-state index contributed by atoms with van der Waals surface area (Å²) in [6, 6.07) is 16.2. The number of rotatable bonds is 9. The van der Waals surface area contributed by atoms with Crippen molar-refractivity contribution in [2.24, 2.45) is 0 Å². The first-order valence-corrected chi connectivity index (χ1v) is 10.2. The van der Waals surface area contributed by atoms with Gasteiger partial charge in [0.2, 0.25) is 11.8 Å². The van der Waals surface area contributed by atoms with Crippen LogP contribution in [0.2, 0.25) is 0 Å². The van der Waals surface area contributed by atoms with Crippen molar-refractivity contribution < 1.29 is 19.5 Å². The van der Waals surface area contributed by atoms with Crippen LogP contribution in [0.15, 0.2) is 60.7 Å². The Labute approximate surface area is 175 Å². The number of amides is 2. The molecule has 2 aromatic carbocycles. The van der Waals surface area contributed by atoms with Gasteiger partial charge in [-0.1, -0.05) is 60.7 Å². The molecule has 7 heteroatoms. The predicted molar refractivity (Wildman–Crippen MR) is 113 cm³/mol. The van der Waals surface area contributed by atoms with E-state index in [9.17, 15) is 19.5 Å². The number of hydrogen-bond acceptors (Lipinski definition) is 4. The quantitative estimate of drug-likeness (QED) is 0.499. The van der Waals surface area contributed by atoms with Crippen LogP contribution in [0.3, 0.4) is 0 Å². The lowest BCUT2D eigenvalue weighted by molar-refractivity contribution is -0.142. The topological polar surface area (TPSA) is 108 Å². The highest BCUT2D eigenvalue weighted by molar-refractivity contribution is 5.92. The zero-order valence-corrected chi connectivity index (χ0v) is 16.7. The summed E-state index contributed by atoms with van der Waals surface area (Å²) < 4.78 is 0. The third kappa shape index (κ3) is 6.15. The van der Waals surface area contributed by atoms with E-state index >= 15 is 0 Å². The molecule has 158 valence electrons. The summed E-state index contributed by atoms with van der Waals surface area (Å²) in [6.07, 6.45) is 2.07. The second-order valence-electron chi connectivity index (χ2n) is 7.49. The molecule has 1 aliphatic heterocycles. The van der Waals surface area contributed by atoms with Crippen molar-refractivity contribution in [3.63, 3.8) is 0 Å². The second kappa shape index (κ2) is 10.5. The minimum absolute atomic E-state index is 0.165. The normalized spacial score (nSPS) is 17.7. The molecule has 0 radical (unpaired) electrons. The molecule has 1 heterocycles. The van der Waals surface area contributed by atoms with Crippen molar-refractivity contribution in [2.45, 2.75) is 43.8 Å². The van der Waals surface area contributed by atoms with E-state index < -0.39 is 24.0 Å². The van der Waals surface area contributed by atoms with Crippen LogP contribution in [-0.4, -0.2) is 47.6 Å². The number of carboxylic acid groups (broad SMARTS) is 1. The van der Waals surface area contributed by atoms with Gasteiger partial charge in [-0.15, -0.1) is 0 Å². The first-order chi connectivity index (χ1) is 14.5. The van der Waals surface area contributed by atoms with Crippen LogP contribution < -0.4 is 16.0 Å². The third-order valence-electron chi connectivity index (χ3n) is 5.19. The summed E-state index contributed by atoms with van der Waals surface area (Å²) in [7, 11) is 0. The number of carbonyl (C=O) groups excluding carboxylic acids is 2. The standard InChI is InChI=1S/C23H27N3O4/c27-21(18-12-7-13-24-18)25-19(14-16-8-3-1-4-9-16)22(28)26-20(23(29)30)15-17-10-5-2-6-11-17/h1-6,8-11,18-20,24H,7,12-15H2,(H,25,27)(H,26,28)(H,29,30)/t18-,19-,20-/m1/s1. The number of nitrogens with one attached hydrogen (secondary N) is 3. The Balaban J connectivity index is 1.71. The van der Waals surface area contributed by atoms with Crippen LogP contribution in [0.25, 0.3) is 0 Å². The summed E-state index contributed by atoms with van der Waals surface area (Å²) in [5.41, 5.74) is 1.69. The zero-order valence-electron chi connectivity index (χ0n) is 16.7. The van der Waals surface area contributed by atoms with E-state index in [1.54, 1.807) is 0 Å². The van der Waals surface area contributed by atoms with Crippen LogP contribution in [0, 0.1) is 0 Å². The van der Waals surface area contributed by atoms with Crippen molar-refractivity contribution in [3.05, 3.63) is 71.8 Å². The maximum absolute atomic E-state index is 13.0. The van der Waals surface area contributed by atoms with Gasteiger partial charge in [0.1, 0.15) is 12.1 Å². The van der Waals surface area contributed by atoms with Crippen molar-refractivity contribution in [3.8, 4) is 0 Å². The fourth-order valence-electron chi connectivity index (χ4n) is 3.56. The summed E-state index contributed by atoms with van der Waals surface area (Å²) in [6.45, 7) is 0.770. The molecule has 1 aliphatic rings. The van der Waals surface area contributed by atoms with Gasteiger partial charge in [0.05, 0.1) is 6.04 Å². The molecule has 0 aliphatic carbocycles. The lowest BCUT2D eigenvalue weighted by Gasteiger charge is -2.23. The van der Waals surface area contributed by atoms with Crippen molar-refractivity contribution >= 4 is 17.8 Å². The van der Waals surface area contributed by atoms with Crippen LogP contribution >= 0.6 is 0 Å². The molecule has 2 amide bonds. The molecular formula is C23H27N3O4. The highest BCUT2D eigenvalue weighted by atomic mass is 16.4. The van der Waals surface area contributed by atoms with E-state index in [1.165, 1.54) is 0 Å². The van der Waals surface area contributed by atoms with Crippen LogP contribution in [0.1, 0.15) is 24.0 Å². The smallest absolute Gasteiger partial charge is 0.326 e. The van der Waals surface area contributed by atoms with Crippen molar-refractivity contribution in [1.82, 2.24) is 16.0 Å². The molecule has 0 spiro atoms. The Hall–Kier alpha value is -3.19. The van der Waals surface area contributed by atoms with Gasteiger partial charge >= 0.3 is 5.97 Å². The zero-order chi connectivity index (χ0) is 21.3. The van der Waals surface area contributed by atoms with Gasteiger partial charge in [0.25, 0.3) is 0 Å². The highest BCUT2D eigenvalue weighted by Crippen LogP contribution is 2.09. The largest absolute Gasteiger partial charge is 0.480 e. The average Bonchev–Trinajstić information content (AvgIpc) is 3.29. The van der Waals surface area contributed by atoms with Gasteiger partial charge < -0.3 is 21.1 Å². The summed E-state index contributed by atoms with van der Waals surface area (Å²) in [5, 5.41) is 18.1. The molecule has 1 saturated heterocycles. The SMILES string of the molecule is O=C(O)[C@@H](Cc1ccccc1)NC(=O)[C@@H](Cc1ccccc1)NC(=O)[C@H]1CCCN1. The monoisotopic (exact) mass is 409 g/mol. The Morgan fingerprint density at radius 3 is 1.97 bits per heavy atom. The van der Waals surface area contributed by atoms with Gasteiger partial charge in [0, 0.05) is 12.8 Å². The summed E-state index contributed by atoms with van der Waals surface area (Å²) >= 11 is 0. The number of hydrogen-bond donors (Lipinski definition) is 4. The molecule has 2 aromatic rings. The minimum Gasteiger partial charge on any atom is -0.480 e. The van der Waals surface area contributed by atoms with E-state index in [-0.39, 0.29) is 24.8 Å². The molecule has 30 heavy (non-hydrogen) atoms. The molecule has 4 N–H and O–H groups in total. The van der Waals surface area contributed by atoms with Crippen molar-refractivity contribution in [2.75, 3.05) is 6.54 Å². The van der Waals surface area contributed by atoms with Gasteiger partial charge in [-0.25, -0.2) is 4.79 Å². The van der Waals surface area contributed by atoms with E-state index in [1.807, 2.05) is 60.7 Å². The first-order valence-electron chi connectivity index (χ1n) is 10.2. The Morgan fingerprint density at radius 2 is 1.47 bits per heavy atom. The molecule has 0 bridgehead atoms. The molecule has 1 fully saturated rings. The van der Waals surface area contributed by atoms with Crippen molar-refractivity contribution in [1.29, 1.82) is 0 Å². The lowest BCUT2D eigenvalue weighted by Crippen LogP contribution is -2.55. The predicted octanol–water partition coefficient (Wildman–Crippen LogP) is 1.28. The van der Waals surface area contributed by atoms with Crippen LogP contribution in [0.4, 0.5) is 0 Å². The van der Waals surface area contributed by atoms with E-state index in [0.717, 1.165) is 30.5 Å². The first kappa shape index (κ1) is 21.5. The molecule has 7 nitrogen and oxygen atoms in total. The van der Waals surface area contributed by atoms with Gasteiger partial charge in [-0.2, -0.15) is 0 Å². The molecule has 0 unspecified atom stereocenters.